The summed E-state index contributed by atoms with van der Waals surface area (Å²) in [5, 5.41) is 8.07. The van der Waals surface area contributed by atoms with Gasteiger partial charge in [0, 0.05) is 0 Å². The van der Waals surface area contributed by atoms with E-state index in [-0.39, 0.29) is 19.7 Å². The predicted octanol–water partition coefficient (Wildman–Crippen LogP) is -1.76. The molecule has 0 aliphatic rings. The van der Waals surface area contributed by atoms with Gasteiger partial charge in [0.15, 0.2) is 0 Å². The fourth-order valence-corrected chi connectivity index (χ4v) is 0.397. The van der Waals surface area contributed by atoms with Crippen LogP contribution in [0.4, 0.5) is 0 Å². The third kappa shape index (κ3) is 3.93. The SMILES string of the molecule is O=C(BNP)CO. The monoisotopic (exact) mass is 119 g/mol. The van der Waals surface area contributed by atoms with E-state index in [9.17, 15) is 4.79 Å². The summed E-state index contributed by atoms with van der Waals surface area (Å²) >= 11 is 0. The van der Waals surface area contributed by atoms with Crippen molar-refractivity contribution in [1.29, 1.82) is 0 Å². The average molecular weight is 119 g/mol. The Morgan fingerprint density at radius 1 is 2.00 bits per heavy atom. The summed E-state index contributed by atoms with van der Waals surface area (Å²) in [6.45, 7) is -0.374. The first-order valence-electron chi connectivity index (χ1n) is 1.87. The number of carbonyl (C=O) groups is 1. The molecule has 0 amide bonds. The Kier molecular flexibility index (Phi) is 4.30. The van der Waals surface area contributed by atoms with E-state index in [1.54, 1.807) is 0 Å². The Morgan fingerprint density at radius 2 is 2.57 bits per heavy atom. The van der Waals surface area contributed by atoms with Gasteiger partial charge in [0.2, 0.25) is 0 Å². The number of aliphatic hydroxyl groups is 1. The van der Waals surface area contributed by atoms with Crippen LogP contribution in [0.1, 0.15) is 0 Å². The zero-order chi connectivity index (χ0) is 5.70. The van der Waals surface area contributed by atoms with Crippen molar-refractivity contribution in [3.05, 3.63) is 0 Å². The van der Waals surface area contributed by atoms with Gasteiger partial charge in [-0.05, 0) is 0 Å². The number of carbonyl (C=O) groups excluding carboxylic acids is 1. The minimum Gasteiger partial charge on any atom is -0.389 e. The van der Waals surface area contributed by atoms with E-state index in [1.165, 1.54) is 0 Å². The lowest BCUT2D eigenvalue weighted by Crippen LogP contribution is -2.21. The van der Waals surface area contributed by atoms with Crippen molar-refractivity contribution in [3.8, 4) is 0 Å². The van der Waals surface area contributed by atoms with Crippen molar-refractivity contribution >= 4 is 22.5 Å². The third-order valence-corrected chi connectivity index (χ3v) is 0.680. The molecule has 0 heterocycles. The van der Waals surface area contributed by atoms with E-state index in [1.807, 2.05) is 0 Å². The summed E-state index contributed by atoms with van der Waals surface area (Å²) < 4.78 is 0. The maximum atomic E-state index is 10.1. The molecular weight excluding hydrogens is 112 g/mol. The largest absolute Gasteiger partial charge is 0.389 e. The molecule has 0 rings (SSSR count). The van der Waals surface area contributed by atoms with E-state index in [0.717, 1.165) is 0 Å². The van der Waals surface area contributed by atoms with Crippen LogP contribution < -0.4 is 5.00 Å². The summed E-state index contributed by atoms with van der Waals surface area (Å²) in [5.74, 6) is 0. The Morgan fingerprint density at radius 3 is 2.71 bits per heavy atom. The highest BCUT2D eigenvalue weighted by atomic mass is 31.0. The molecule has 0 bridgehead atoms. The second kappa shape index (κ2) is 4.25. The fourth-order valence-electron chi connectivity index (χ4n) is 0.170. The molecule has 0 aliphatic carbocycles. The molecule has 1 unspecified atom stereocenters. The lowest BCUT2D eigenvalue weighted by atomic mass is 9.90. The maximum Gasteiger partial charge on any atom is 0.289 e. The van der Waals surface area contributed by atoms with Gasteiger partial charge in [0.05, 0.1) is 6.61 Å². The molecule has 5 heteroatoms. The molecule has 40 valence electrons. The van der Waals surface area contributed by atoms with E-state index in [2.05, 4.69) is 14.4 Å². The Hall–Kier alpha value is 0.0849. The van der Waals surface area contributed by atoms with E-state index in [0.29, 0.717) is 0 Å². The van der Waals surface area contributed by atoms with Crippen molar-refractivity contribution in [1.82, 2.24) is 5.00 Å². The van der Waals surface area contributed by atoms with Crippen LogP contribution >= 0.6 is 9.39 Å². The van der Waals surface area contributed by atoms with Crippen LogP contribution in [0, 0.1) is 0 Å². The summed E-state index contributed by atoms with van der Waals surface area (Å²) in [4.78, 5) is 12.6. The second-order valence-corrected chi connectivity index (χ2v) is 1.49. The zero-order valence-electron chi connectivity index (χ0n) is 3.85. The molecule has 0 fully saturated rings. The summed E-state index contributed by atoms with van der Waals surface area (Å²) in [7, 11) is 2.39. The van der Waals surface area contributed by atoms with Crippen LogP contribution in [0.15, 0.2) is 0 Å². The van der Waals surface area contributed by atoms with Gasteiger partial charge in [-0.1, -0.05) is 9.39 Å². The van der Waals surface area contributed by atoms with Gasteiger partial charge >= 0.3 is 0 Å². The summed E-state index contributed by atoms with van der Waals surface area (Å²) in [6.07, 6.45) is 0. The van der Waals surface area contributed by atoms with Gasteiger partial charge < -0.3 is 14.9 Å². The number of hydrogen-bond donors (Lipinski definition) is 2. The van der Waals surface area contributed by atoms with Gasteiger partial charge in [0.25, 0.3) is 7.41 Å². The summed E-state index contributed by atoms with van der Waals surface area (Å²) in [5.41, 5.74) is -0.199. The quantitative estimate of drug-likeness (QED) is 0.341. The van der Waals surface area contributed by atoms with Crippen LogP contribution in [0.3, 0.4) is 0 Å². The highest BCUT2D eigenvalue weighted by Crippen LogP contribution is 1.65. The van der Waals surface area contributed by atoms with E-state index >= 15 is 0 Å². The molecule has 0 saturated heterocycles. The van der Waals surface area contributed by atoms with Gasteiger partial charge in [-0.3, -0.25) is 0 Å². The Bertz CT molecular complexity index is 68.7. The number of rotatable bonds is 3. The topological polar surface area (TPSA) is 49.3 Å². The Labute approximate surface area is 45.0 Å². The van der Waals surface area contributed by atoms with Gasteiger partial charge in [-0.25, -0.2) is 0 Å². The van der Waals surface area contributed by atoms with Crippen LogP contribution in [-0.2, 0) is 4.79 Å². The highest BCUT2D eigenvalue weighted by Gasteiger charge is 1.96. The molecule has 0 saturated carbocycles. The van der Waals surface area contributed by atoms with E-state index < -0.39 is 0 Å². The van der Waals surface area contributed by atoms with Crippen LogP contribution in [0.2, 0.25) is 0 Å². The lowest BCUT2D eigenvalue weighted by molar-refractivity contribution is -0.114. The standard InChI is InChI=1S/C2H7BNO2P/c5-1-2(6)3-4-7/h3-5H,1,7H2. The third-order valence-electron chi connectivity index (χ3n) is 0.476. The Balaban J connectivity index is 3.00. The average Bonchev–Trinajstić information content (AvgIpc) is 1.68. The molecule has 0 radical (unpaired) electrons. The first-order chi connectivity index (χ1) is 3.31. The highest BCUT2D eigenvalue weighted by molar-refractivity contribution is 7.18. The van der Waals surface area contributed by atoms with Crippen LogP contribution in [0.25, 0.3) is 0 Å². The molecule has 1 atom stereocenters. The predicted molar refractivity (Wildman–Crippen MR) is 32.1 cm³/mol. The van der Waals surface area contributed by atoms with Crippen LogP contribution in [-0.4, -0.2) is 24.8 Å². The second-order valence-electron chi connectivity index (χ2n) is 1.08. The molecule has 3 nitrogen and oxygen atoms in total. The minimum absolute atomic E-state index is 0.199. The fraction of sp³-hybridized carbons (Fsp3) is 0.500. The van der Waals surface area contributed by atoms with Crippen molar-refractivity contribution in [2.24, 2.45) is 0 Å². The molecular formula is C2H7BNO2P. The number of nitrogens with one attached hydrogen (secondary N) is 1. The lowest BCUT2D eigenvalue weighted by Gasteiger charge is -1.86. The molecule has 0 aliphatic heterocycles. The molecule has 0 aromatic carbocycles. The molecule has 0 spiro atoms. The van der Waals surface area contributed by atoms with Gasteiger partial charge in [0.1, 0.15) is 5.68 Å². The van der Waals surface area contributed by atoms with E-state index in [4.69, 9.17) is 5.11 Å². The van der Waals surface area contributed by atoms with Crippen molar-refractivity contribution in [3.63, 3.8) is 0 Å². The zero-order valence-corrected chi connectivity index (χ0v) is 5.00. The first kappa shape index (κ1) is 7.08. The molecule has 7 heavy (non-hydrogen) atoms. The van der Waals surface area contributed by atoms with Gasteiger partial charge in [-0.2, -0.15) is 0 Å². The van der Waals surface area contributed by atoms with Crippen LogP contribution in [0.5, 0.6) is 0 Å². The molecule has 2 N–H and O–H groups in total. The first-order valence-corrected chi connectivity index (χ1v) is 2.45. The number of hydrogen-bond acceptors (Lipinski definition) is 3. The minimum atomic E-state index is -0.374. The van der Waals surface area contributed by atoms with Crippen molar-refractivity contribution in [2.75, 3.05) is 6.61 Å². The van der Waals surface area contributed by atoms with Gasteiger partial charge in [-0.15, -0.1) is 0 Å². The smallest absolute Gasteiger partial charge is 0.289 e. The maximum absolute atomic E-state index is 10.1. The normalized spacial score (nSPS) is 8.29. The number of aliphatic hydroxyl groups excluding tert-OH is 1. The summed E-state index contributed by atoms with van der Waals surface area (Å²) in [6, 6.07) is 0. The molecule has 0 aromatic heterocycles. The molecule has 0 aromatic rings. The van der Waals surface area contributed by atoms with Crippen molar-refractivity contribution < 1.29 is 9.90 Å². The van der Waals surface area contributed by atoms with Crippen molar-refractivity contribution in [2.45, 2.75) is 0 Å².